The van der Waals surface area contributed by atoms with Gasteiger partial charge >= 0.3 is 24.0 Å². The van der Waals surface area contributed by atoms with Crippen LogP contribution in [-0.4, -0.2) is 58.5 Å². The number of nitrogens with one attached hydrogen (secondary N) is 5. The first-order chi connectivity index (χ1) is 25.5. The molecule has 6 rings (SSSR count). The van der Waals surface area contributed by atoms with E-state index in [-0.39, 0.29) is 25.0 Å². The Balaban J connectivity index is 1.02. The number of halogens is 5. The van der Waals surface area contributed by atoms with Gasteiger partial charge in [0.1, 0.15) is 5.82 Å². The largest absolute Gasteiger partial charge is 0.454 e. The van der Waals surface area contributed by atoms with Crippen molar-refractivity contribution in [3.8, 4) is 6.01 Å². The minimum Gasteiger partial charge on any atom is -0.454 e. The van der Waals surface area contributed by atoms with Crippen LogP contribution >= 0.6 is 11.6 Å². The smallest absolute Gasteiger partial charge is 0.422 e. The van der Waals surface area contributed by atoms with Gasteiger partial charge in [-0.2, -0.15) is 28.1 Å². The zero-order valence-electron chi connectivity index (χ0n) is 29.2. The van der Waals surface area contributed by atoms with Crippen LogP contribution in [0.5, 0.6) is 6.01 Å². The van der Waals surface area contributed by atoms with Gasteiger partial charge in [-0.15, -0.1) is 0 Å². The van der Waals surface area contributed by atoms with Crippen molar-refractivity contribution in [2.24, 2.45) is 5.41 Å². The third-order valence-corrected chi connectivity index (χ3v) is 9.29. The number of ether oxygens (including phenoxy) is 1. The van der Waals surface area contributed by atoms with Crippen LogP contribution in [0, 0.1) is 11.2 Å². The molecule has 0 radical (unpaired) electrons. The van der Waals surface area contributed by atoms with E-state index < -0.39 is 58.8 Å². The Morgan fingerprint density at radius 3 is 1.94 bits per heavy atom. The Morgan fingerprint density at radius 1 is 0.759 bits per heavy atom. The van der Waals surface area contributed by atoms with Crippen molar-refractivity contribution >= 4 is 46.9 Å². The average Bonchev–Trinajstić information content (AvgIpc) is 4.07. The molecule has 0 saturated heterocycles. The Morgan fingerprint density at radius 2 is 1.33 bits per heavy atom. The molecular formula is C37H37ClF4N8O4. The molecule has 3 aromatic carbocycles. The predicted octanol–water partition coefficient (Wildman–Crippen LogP) is 6.13. The minimum atomic E-state index is -4.61. The molecule has 2 saturated carbocycles. The molecule has 0 bridgehead atoms. The van der Waals surface area contributed by atoms with Crippen LogP contribution in [-0.2, 0) is 20.7 Å². The molecule has 0 aliphatic heterocycles. The summed E-state index contributed by atoms with van der Waals surface area (Å²) < 4.78 is 57.0. The summed E-state index contributed by atoms with van der Waals surface area (Å²) in [6.07, 6.45) is -1.88. The lowest BCUT2D eigenvalue weighted by molar-refractivity contribution is -0.154. The molecule has 4 aromatic rings. The van der Waals surface area contributed by atoms with Crippen LogP contribution in [0.25, 0.3) is 0 Å². The van der Waals surface area contributed by atoms with Crippen molar-refractivity contribution in [3.05, 3.63) is 100 Å². The second-order valence-electron chi connectivity index (χ2n) is 14.2. The number of carbonyl (C=O) groups is 3. The van der Waals surface area contributed by atoms with E-state index in [2.05, 4.69) is 41.5 Å². The summed E-state index contributed by atoms with van der Waals surface area (Å²) in [6.45, 7) is 2.27. The van der Waals surface area contributed by atoms with E-state index in [0.717, 1.165) is 24.0 Å². The third kappa shape index (κ3) is 9.92. The maximum absolute atomic E-state index is 13.3. The third-order valence-electron chi connectivity index (χ3n) is 9.04. The van der Waals surface area contributed by atoms with Crippen LogP contribution in [0.3, 0.4) is 0 Å². The summed E-state index contributed by atoms with van der Waals surface area (Å²) in [7, 11) is 0. The number of hydrogen-bond acceptors (Lipinski definition) is 9. The standard InChI is InChI=1S/C37H37ClF4N8O4/c1-34(2,20-44-29(52)30(53)49-35(15-16-35)24-7-11-26(39)12-8-24)19-43-28(51)22-3-13-27(14-4-22)45-31-46-32(48-33(47-31)54-21-37(40,41)42)50-36(17-18-36)23-5-9-25(38)10-6-23/h3-14H,15-21H2,1-2H3,(H,43,51)(H,44,52)(H,49,53)(H2,45,46,47,48,50). The molecule has 3 amide bonds. The molecule has 17 heteroatoms. The molecule has 0 unspecified atom stereocenters. The molecule has 1 heterocycles. The normalized spacial score (nSPS) is 15.4. The average molecular weight is 769 g/mol. The Kier molecular flexibility index (Phi) is 10.7. The molecule has 5 N–H and O–H groups in total. The highest BCUT2D eigenvalue weighted by Gasteiger charge is 2.47. The molecule has 2 aliphatic carbocycles. The molecule has 284 valence electrons. The van der Waals surface area contributed by atoms with E-state index >= 15 is 0 Å². The highest BCUT2D eigenvalue weighted by Crippen LogP contribution is 2.48. The number of hydrogen-bond donors (Lipinski definition) is 5. The Bertz CT molecular complexity index is 2000. The minimum absolute atomic E-state index is 0.00406. The van der Waals surface area contributed by atoms with Crippen molar-refractivity contribution in [1.82, 2.24) is 30.9 Å². The number of alkyl halides is 3. The van der Waals surface area contributed by atoms with Gasteiger partial charge in [-0.05, 0) is 90.8 Å². The number of nitrogens with zero attached hydrogens (tertiary/aromatic N) is 3. The molecule has 2 fully saturated rings. The van der Waals surface area contributed by atoms with Crippen LogP contribution in [0.1, 0.15) is 61.0 Å². The summed E-state index contributed by atoms with van der Waals surface area (Å²) in [5.74, 6) is -2.50. The number of amides is 3. The SMILES string of the molecule is CC(C)(CNC(=O)C(=O)NC1(c2ccc(F)cc2)CC1)CNC(=O)c1ccc(Nc2nc(NC3(c4ccc(Cl)cc4)CC3)nc(OCC(F)(F)F)n2)cc1. The number of rotatable bonds is 14. The Hall–Kier alpha value is -5.51. The zero-order chi connectivity index (χ0) is 38.7. The Labute approximate surface area is 312 Å². The van der Waals surface area contributed by atoms with Gasteiger partial charge in [-0.3, -0.25) is 14.4 Å². The van der Waals surface area contributed by atoms with Crippen molar-refractivity contribution in [1.29, 1.82) is 0 Å². The van der Waals surface area contributed by atoms with E-state index in [1.165, 1.54) is 24.3 Å². The van der Waals surface area contributed by atoms with Crippen molar-refractivity contribution in [2.45, 2.75) is 56.8 Å². The molecule has 12 nitrogen and oxygen atoms in total. The van der Waals surface area contributed by atoms with Gasteiger partial charge in [0.2, 0.25) is 11.9 Å². The van der Waals surface area contributed by atoms with E-state index in [1.54, 1.807) is 36.4 Å². The lowest BCUT2D eigenvalue weighted by atomic mass is 9.93. The monoisotopic (exact) mass is 768 g/mol. The number of benzene rings is 3. The summed E-state index contributed by atoms with van der Waals surface area (Å²) in [4.78, 5) is 50.6. The van der Waals surface area contributed by atoms with Gasteiger partial charge in [-0.25, -0.2) is 4.39 Å². The summed E-state index contributed by atoms with van der Waals surface area (Å²) in [5.41, 5.74) is 0.526. The molecule has 0 atom stereocenters. The van der Waals surface area contributed by atoms with Gasteiger partial charge < -0.3 is 31.3 Å². The fourth-order valence-corrected chi connectivity index (χ4v) is 5.77. The van der Waals surface area contributed by atoms with Crippen LogP contribution in [0.15, 0.2) is 72.8 Å². The fourth-order valence-electron chi connectivity index (χ4n) is 5.64. The maximum Gasteiger partial charge on any atom is 0.422 e. The summed E-state index contributed by atoms with van der Waals surface area (Å²) >= 11 is 6.03. The van der Waals surface area contributed by atoms with E-state index in [0.29, 0.717) is 29.1 Å². The zero-order valence-corrected chi connectivity index (χ0v) is 30.0. The molecule has 0 spiro atoms. The highest BCUT2D eigenvalue weighted by atomic mass is 35.5. The van der Waals surface area contributed by atoms with Gasteiger partial charge in [0.05, 0.1) is 11.1 Å². The first-order valence-corrected chi connectivity index (χ1v) is 17.4. The second-order valence-corrected chi connectivity index (χ2v) is 14.6. The first kappa shape index (κ1) is 38.2. The van der Waals surface area contributed by atoms with Gasteiger partial charge in [-0.1, -0.05) is 49.7 Å². The first-order valence-electron chi connectivity index (χ1n) is 17.0. The molecular weight excluding hydrogens is 732 g/mol. The van der Waals surface area contributed by atoms with E-state index in [4.69, 9.17) is 16.3 Å². The number of aromatic nitrogens is 3. The molecule has 54 heavy (non-hydrogen) atoms. The van der Waals surface area contributed by atoms with Crippen LogP contribution < -0.4 is 31.3 Å². The van der Waals surface area contributed by atoms with Gasteiger partial charge in [0.25, 0.3) is 5.91 Å². The summed E-state index contributed by atoms with van der Waals surface area (Å²) in [6, 6.07) is 18.7. The van der Waals surface area contributed by atoms with Gasteiger partial charge in [0, 0.05) is 29.4 Å². The van der Waals surface area contributed by atoms with Crippen molar-refractivity contribution in [2.75, 3.05) is 30.3 Å². The van der Waals surface area contributed by atoms with Crippen LogP contribution in [0.2, 0.25) is 5.02 Å². The lowest BCUT2D eigenvalue weighted by Gasteiger charge is -2.25. The topological polar surface area (TPSA) is 159 Å². The van der Waals surface area contributed by atoms with E-state index in [1.807, 2.05) is 26.0 Å². The predicted molar refractivity (Wildman–Crippen MR) is 192 cm³/mol. The fraction of sp³-hybridized carbons (Fsp3) is 0.351. The second kappa shape index (κ2) is 15.1. The van der Waals surface area contributed by atoms with E-state index in [9.17, 15) is 31.9 Å². The maximum atomic E-state index is 13.3. The highest BCUT2D eigenvalue weighted by molar-refractivity contribution is 6.35. The quantitative estimate of drug-likeness (QED) is 0.0752. The van der Waals surface area contributed by atoms with Gasteiger partial charge in [0.15, 0.2) is 6.61 Å². The molecule has 2 aliphatic rings. The van der Waals surface area contributed by atoms with Crippen molar-refractivity contribution < 1.29 is 36.7 Å². The lowest BCUT2D eigenvalue weighted by Crippen LogP contribution is -2.48. The molecule has 1 aromatic heterocycles. The van der Waals surface area contributed by atoms with Crippen molar-refractivity contribution in [3.63, 3.8) is 0 Å². The number of carbonyl (C=O) groups excluding carboxylic acids is 3. The summed E-state index contributed by atoms with van der Waals surface area (Å²) in [5, 5.41) is 14.9. The number of anilines is 3. The van der Waals surface area contributed by atoms with Crippen LogP contribution in [0.4, 0.5) is 35.1 Å².